The summed E-state index contributed by atoms with van der Waals surface area (Å²) in [4.78, 5) is 0. The number of benzene rings is 1. The molecule has 0 radical (unpaired) electrons. The lowest BCUT2D eigenvalue weighted by atomic mass is 9.92. The van der Waals surface area contributed by atoms with Crippen molar-refractivity contribution in [1.29, 1.82) is 0 Å². The maximum atomic E-state index is 6.15. The van der Waals surface area contributed by atoms with Crippen LogP contribution in [0.5, 0.6) is 5.75 Å². The van der Waals surface area contributed by atoms with Gasteiger partial charge in [0.15, 0.2) is 0 Å². The van der Waals surface area contributed by atoms with Crippen LogP contribution in [-0.4, -0.2) is 31.2 Å². The minimum Gasteiger partial charge on any atom is -0.493 e. The molecule has 0 bridgehead atoms. The minimum absolute atomic E-state index is 0. The Morgan fingerprint density at radius 2 is 2.04 bits per heavy atom. The number of thioether (sulfide) groups is 1. The second kappa shape index (κ2) is 9.80. The van der Waals surface area contributed by atoms with Crippen LogP contribution < -0.4 is 10.1 Å². The maximum absolute atomic E-state index is 6.15. The topological polar surface area (TPSA) is 21.3 Å². The third-order valence-electron chi connectivity index (χ3n) is 4.92. The number of rotatable bonds is 7. The molecular weight excluding hydrogens is 326 g/mol. The lowest BCUT2D eigenvalue weighted by Gasteiger charge is -2.21. The summed E-state index contributed by atoms with van der Waals surface area (Å²) >= 11 is 2.15. The minimum atomic E-state index is 0. The second-order valence-electron chi connectivity index (χ2n) is 6.74. The van der Waals surface area contributed by atoms with Gasteiger partial charge in [0.05, 0.1) is 6.61 Å². The van der Waals surface area contributed by atoms with Crippen molar-refractivity contribution in [3.8, 4) is 5.75 Å². The van der Waals surface area contributed by atoms with Crippen molar-refractivity contribution in [3.63, 3.8) is 0 Å². The molecule has 3 rings (SSSR count). The van der Waals surface area contributed by atoms with Crippen LogP contribution in [0.25, 0.3) is 0 Å². The van der Waals surface area contributed by atoms with E-state index in [1.54, 1.807) is 0 Å². The molecule has 4 heteroatoms. The predicted molar refractivity (Wildman–Crippen MR) is 103 cm³/mol. The quantitative estimate of drug-likeness (QED) is 0.778. The number of aryl methyl sites for hydroxylation is 2. The molecule has 0 saturated carbocycles. The third kappa shape index (κ3) is 5.58. The third-order valence-corrected chi connectivity index (χ3v) is 6.34. The molecule has 1 fully saturated rings. The van der Waals surface area contributed by atoms with Crippen molar-refractivity contribution in [2.75, 3.05) is 26.0 Å². The van der Waals surface area contributed by atoms with E-state index in [0.29, 0.717) is 5.92 Å². The fourth-order valence-corrected chi connectivity index (χ4v) is 5.12. The van der Waals surface area contributed by atoms with Crippen molar-refractivity contribution < 1.29 is 4.74 Å². The Bertz CT molecular complexity index is 476. The summed E-state index contributed by atoms with van der Waals surface area (Å²) in [5, 5.41) is 4.19. The number of halogens is 1. The molecule has 23 heavy (non-hydrogen) atoms. The summed E-state index contributed by atoms with van der Waals surface area (Å²) in [6.45, 7) is 1.90. The number of ether oxygens (including phenoxy) is 1. The molecule has 1 aliphatic heterocycles. The molecule has 0 spiro atoms. The predicted octanol–water partition coefficient (Wildman–Crippen LogP) is 4.49. The monoisotopic (exact) mass is 355 g/mol. The second-order valence-corrected chi connectivity index (χ2v) is 8.15. The van der Waals surface area contributed by atoms with Crippen LogP contribution in [-0.2, 0) is 12.8 Å². The highest BCUT2D eigenvalue weighted by molar-refractivity contribution is 8.00. The first-order valence-corrected chi connectivity index (χ1v) is 9.91. The van der Waals surface area contributed by atoms with Gasteiger partial charge >= 0.3 is 0 Å². The lowest BCUT2D eigenvalue weighted by molar-refractivity contribution is 0.236. The van der Waals surface area contributed by atoms with Gasteiger partial charge in [0.2, 0.25) is 0 Å². The first-order valence-electron chi connectivity index (χ1n) is 8.86. The van der Waals surface area contributed by atoms with E-state index in [2.05, 4.69) is 35.3 Å². The van der Waals surface area contributed by atoms with Gasteiger partial charge in [0.25, 0.3) is 0 Å². The van der Waals surface area contributed by atoms with Gasteiger partial charge < -0.3 is 10.1 Å². The van der Waals surface area contributed by atoms with Crippen molar-refractivity contribution in [2.24, 2.45) is 5.92 Å². The van der Waals surface area contributed by atoms with E-state index in [-0.39, 0.29) is 12.4 Å². The molecule has 1 heterocycles. The molecule has 1 N–H and O–H groups in total. The Morgan fingerprint density at radius 3 is 2.78 bits per heavy atom. The van der Waals surface area contributed by atoms with Gasteiger partial charge in [-0.15, -0.1) is 12.4 Å². The van der Waals surface area contributed by atoms with Gasteiger partial charge in [-0.25, -0.2) is 0 Å². The van der Waals surface area contributed by atoms with Gasteiger partial charge in [-0.3, -0.25) is 0 Å². The van der Waals surface area contributed by atoms with Crippen LogP contribution in [0.15, 0.2) is 18.2 Å². The highest BCUT2D eigenvalue weighted by atomic mass is 35.5. The van der Waals surface area contributed by atoms with Gasteiger partial charge in [-0.1, -0.05) is 6.07 Å². The van der Waals surface area contributed by atoms with E-state index >= 15 is 0 Å². The molecule has 0 aromatic heterocycles. The van der Waals surface area contributed by atoms with E-state index < -0.39 is 0 Å². The number of fused-ring (bicyclic) bond motifs is 1. The molecule has 0 amide bonds. The van der Waals surface area contributed by atoms with E-state index in [1.807, 2.05) is 7.05 Å². The van der Waals surface area contributed by atoms with Gasteiger partial charge in [0, 0.05) is 17.7 Å². The van der Waals surface area contributed by atoms with Crippen molar-refractivity contribution >= 4 is 24.2 Å². The average Bonchev–Trinajstić information content (AvgIpc) is 3.06. The zero-order chi connectivity index (χ0) is 15.2. The molecule has 1 aromatic carbocycles. The molecule has 2 atom stereocenters. The Hall–Kier alpha value is -0.380. The Kier molecular flexibility index (Phi) is 8.08. The van der Waals surface area contributed by atoms with Gasteiger partial charge in [-0.2, -0.15) is 11.8 Å². The molecule has 1 aliphatic carbocycles. The number of nitrogens with one attached hydrogen (secondary N) is 1. The van der Waals surface area contributed by atoms with Crippen LogP contribution in [0.1, 0.15) is 43.2 Å². The largest absolute Gasteiger partial charge is 0.493 e. The van der Waals surface area contributed by atoms with E-state index in [1.165, 1.54) is 61.8 Å². The Balaban J connectivity index is 0.00000192. The summed E-state index contributed by atoms with van der Waals surface area (Å²) in [7, 11) is 2.05. The molecule has 1 saturated heterocycles. The van der Waals surface area contributed by atoms with Gasteiger partial charge in [-0.05, 0) is 81.0 Å². The molecular formula is C19H30ClNOS. The van der Waals surface area contributed by atoms with Crippen molar-refractivity contribution in [2.45, 2.75) is 50.2 Å². The first-order chi connectivity index (χ1) is 10.8. The zero-order valence-corrected chi connectivity index (χ0v) is 15.8. The van der Waals surface area contributed by atoms with Crippen LogP contribution in [0.4, 0.5) is 0 Å². The summed E-state index contributed by atoms with van der Waals surface area (Å²) in [5.74, 6) is 3.04. The van der Waals surface area contributed by atoms with E-state index in [9.17, 15) is 0 Å². The summed E-state index contributed by atoms with van der Waals surface area (Å²) in [6, 6.07) is 6.74. The fourth-order valence-electron chi connectivity index (χ4n) is 3.71. The molecule has 2 aliphatic rings. The smallest absolute Gasteiger partial charge is 0.119 e. The molecule has 2 unspecified atom stereocenters. The summed E-state index contributed by atoms with van der Waals surface area (Å²) < 4.78 is 6.15. The number of hydrogen-bond acceptors (Lipinski definition) is 3. The summed E-state index contributed by atoms with van der Waals surface area (Å²) in [6.07, 6.45) is 9.23. The van der Waals surface area contributed by atoms with E-state index in [0.717, 1.165) is 24.2 Å². The number of hydrogen-bond donors (Lipinski definition) is 1. The maximum Gasteiger partial charge on any atom is 0.119 e. The highest BCUT2D eigenvalue weighted by Gasteiger charge is 2.21. The highest BCUT2D eigenvalue weighted by Crippen LogP contribution is 2.31. The van der Waals surface area contributed by atoms with E-state index in [4.69, 9.17) is 4.74 Å². The van der Waals surface area contributed by atoms with Gasteiger partial charge in [0.1, 0.15) is 5.75 Å². The van der Waals surface area contributed by atoms with Crippen LogP contribution in [0, 0.1) is 5.92 Å². The molecule has 1 aromatic rings. The standard InChI is InChI=1S/C19H29NOS.ClH/c1-20-13-15(11-19-7-4-10-22-19)14-21-18-9-8-16-5-2-3-6-17(16)12-18;/h8-9,12,15,19-20H,2-7,10-11,13-14H2,1H3;1H. The van der Waals surface area contributed by atoms with Crippen molar-refractivity contribution in [3.05, 3.63) is 29.3 Å². The zero-order valence-electron chi connectivity index (χ0n) is 14.2. The molecule has 2 nitrogen and oxygen atoms in total. The molecule has 130 valence electrons. The Labute approximate surface area is 151 Å². The van der Waals surface area contributed by atoms with Crippen LogP contribution in [0.2, 0.25) is 0 Å². The van der Waals surface area contributed by atoms with Crippen molar-refractivity contribution in [1.82, 2.24) is 5.32 Å². The van der Waals surface area contributed by atoms with Crippen LogP contribution >= 0.6 is 24.2 Å². The average molecular weight is 356 g/mol. The SMILES string of the molecule is CNCC(COc1ccc2c(c1)CCCC2)CC1CCCS1.Cl. The Morgan fingerprint density at radius 1 is 1.22 bits per heavy atom. The van der Waals surface area contributed by atoms with Crippen LogP contribution in [0.3, 0.4) is 0 Å². The lowest BCUT2D eigenvalue weighted by Crippen LogP contribution is -2.27. The summed E-state index contributed by atoms with van der Waals surface area (Å²) in [5.41, 5.74) is 3.05. The first kappa shape index (κ1) is 19.0. The fraction of sp³-hybridized carbons (Fsp3) is 0.684. The normalized spacial score (nSPS) is 21.3.